The van der Waals surface area contributed by atoms with E-state index >= 15 is 0 Å². The molecule has 0 rings (SSSR count). The Balaban J connectivity index is 3.54. The second-order valence-corrected chi connectivity index (χ2v) is 1.47. The van der Waals surface area contributed by atoms with Gasteiger partial charge in [-0.3, -0.25) is 5.01 Å². The molecule has 0 spiro atoms. The maximum atomic E-state index is 3.96. The molecule has 3 nitrogen and oxygen atoms in total. The van der Waals surface area contributed by atoms with E-state index in [0.29, 0.717) is 0 Å². The minimum absolute atomic E-state index is 0.849. The summed E-state index contributed by atoms with van der Waals surface area (Å²) in [4.78, 5) is 0. The quantitative estimate of drug-likeness (QED) is 0.340. The summed E-state index contributed by atoms with van der Waals surface area (Å²) in [5, 5.41) is 8.48. The molecule has 3 heteroatoms. The highest BCUT2D eigenvalue weighted by molar-refractivity contribution is 5.53. The van der Waals surface area contributed by atoms with Crippen LogP contribution in [0.2, 0.25) is 0 Å². The van der Waals surface area contributed by atoms with Crippen LogP contribution < -0.4 is 5.32 Å². The summed E-state index contributed by atoms with van der Waals surface area (Å²) in [6.07, 6.45) is 3.29. The zero-order valence-electron chi connectivity index (χ0n) is 5.96. The van der Waals surface area contributed by atoms with E-state index < -0.39 is 0 Å². The Hall–Kier alpha value is -0.990. The van der Waals surface area contributed by atoms with Gasteiger partial charge in [-0.1, -0.05) is 6.58 Å². The van der Waals surface area contributed by atoms with Crippen LogP contribution in [-0.2, 0) is 0 Å². The van der Waals surface area contributed by atoms with Crippen LogP contribution in [0.5, 0.6) is 0 Å². The average Bonchev–Trinajstić information content (AvgIpc) is 1.91. The average molecular weight is 127 g/mol. The van der Waals surface area contributed by atoms with Crippen molar-refractivity contribution >= 4 is 6.34 Å². The van der Waals surface area contributed by atoms with E-state index in [-0.39, 0.29) is 0 Å². The molecular weight excluding hydrogens is 114 g/mol. The van der Waals surface area contributed by atoms with Crippen molar-refractivity contribution in [1.82, 2.24) is 10.3 Å². The third-order valence-electron chi connectivity index (χ3n) is 0.870. The lowest BCUT2D eigenvalue weighted by molar-refractivity contribution is 0.424. The molecule has 0 amide bonds. The van der Waals surface area contributed by atoms with Gasteiger partial charge in [-0.05, 0) is 6.92 Å². The number of hydrazone groups is 1. The van der Waals surface area contributed by atoms with Crippen LogP contribution in [0.25, 0.3) is 0 Å². The highest BCUT2D eigenvalue weighted by Gasteiger charge is 1.83. The van der Waals surface area contributed by atoms with Gasteiger partial charge in [0.2, 0.25) is 0 Å². The summed E-state index contributed by atoms with van der Waals surface area (Å²) in [6.45, 7) is 6.43. The summed E-state index contributed by atoms with van der Waals surface area (Å²) in [6, 6.07) is 0. The predicted molar refractivity (Wildman–Crippen MR) is 40.1 cm³/mol. The molecule has 9 heavy (non-hydrogen) atoms. The molecule has 0 heterocycles. The Kier molecular flexibility index (Phi) is 4.59. The van der Waals surface area contributed by atoms with Crippen molar-refractivity contribution < 1.29 is 0 Å². The largest absolute Gasteiger partial charge is 0.378 e. The smallest absolute Gasteiger partial charge is 0.109 e. The van der Waals surface area contributed by atoms with Gasteiger partial charge in [-0.15, -0.1) is 0 Å². The van der Waals surface area contributed by atoms with Crippen molar-refractivity contribution in [2.45, 2.75) is 6.92 Å². The van der Waals surface area contributed by atoms with Crippen LogP contribution in [-0.4, -0.2) is 24.9 Å². The van der Waals surface area contributed by atoms with Crippen LogP contribution in [0.4, 0.5) is 0 Å². The number of hydrogen-bond acceptors (Lipinski definition) is 2. The number of nitrogens with one attached hydrogen (secondary N) is 1. The fourth-order valence-electron chi connectivity index (χ4n) is 0.390. The van der Waals surface area contributed by atoms with Crippen molar-refractivity contribution in [3.8, 4) is 0 Å². The molecule has 0 fully saturated rings. The minimum Gasteiger partial charge on any atom is -0.378 e. The Labute approximate surface area is 56.0 Å². The first-order chi connectivity index (χ1) is 4.35. The van der Waals surface area contributed by atoms with Gasteiger partial charge in [0.15, 0.2) is 0 Å². The Morgan fingerprint density at radius 2 is 2.44 bits per heavy atom. The maximum Gasteiger partial charge on any atom is 0.109 e. The Morgan fingerprint density at radius 3 is 2.78 bits per heavy atom. The van der Waals surface area contributed by atoms with Crippen LogP contribution in [0.3, 0.4) is 0 Å². The van der Waals surface area contributed by atoms with Gasteiger partial charge in [-0.2, -0.15) is 5.10 Å². The molecule has 0 saturated heterocycles. The lowest BCUT2D eigenvalue weighted by Crippen LogP contribution is -2.11. The van der Waals surface area contributed by atoms with Crippen molar-refractivity contribution in [1.29, 1.82) is 0 Å². The van der Waals surface area contributed by atoms with Gasteiger partial charge in [0.25, 0.3) is 0 Å². The number of hydrogen-bond donors (Lipinski definition) is 1. The van der Waals surface area contributed by atoms with E-state index in [2.05, 4.69) is 17.0 Å². The van der Waals surface area contributed by atoms with Gasteiger partial charge in [0.05, 0.1) is 0 Å². The highest BCUT2D eigenvalue weighted by atomic mass is 15.4. The molecule has 0 aliphatic carbocycles. The van der Waals surface area contributed by atoms with Crippen LogP contribution in [0.15, 0.2) is 17.9 Å². The first-order valence-corrected chi connectivity index (χ1v) is 2.94. The minimum atomic E-state index is 0.849. The normalized spacial score (nSPS) is 9.56. The fourth-order valence-corrected chi connectivity index (χ4v) is 0.390. The van der Waals surface area contributed by atoms with E-state index in [0.717, 1.165) is 6.54 Å². The summed E-state index contributed by atoms with van der Waals surface area (Å²) < 4.78 is 0. The zero-order valence-corrected chi connectivity index (χ0v) is 5.96. The molecular formula is C6H13N3. The van der Waals surface area contributed by atoms with E-state index in [1.165, 1.54) is 0 Å². The maximum absolute atomic E-state index is 3.96. The highest BCUT2D eigenvalue weighted by Crippen LogP contribution is 1.84. The molecule has 0 atom stereocenters. The SMILES string of the molecule is C=CN(CC)/N=C\NC. The second kappa shape index (κ2) is 5.15. The third kappa shape index (κ3) is 3.58. The lowest BCUT2D eigenvalue weighted by Gasteiger charge is -2.08. The summed E-state index contributed by atoms with van der Waals surface area (Å²) in [5.74, 6) is 0. The standard InChI is InChI=1S/C6H13N3/c1-4-9(5-2)8-6-7-3/h4,6H,1,5H2,2-3H3,(H,7,8). The molecule has 0 aliphatic heterocycles. The zero-order chi connectivity index (χ0) is 7.11. The van der Waals surface area contributed by atoms with Crippen LogP contribution in [0, 0.1) is 0 Å². The predicted octanol–water partition coefficient (Wildman–Crippen LogP) is 0.615. The van der Waals surface area contributed by atoms with E-state index in [4.69, 9.17) is 0 Å². The van der Waals surface area contributed by atoms with Gasteiger partial charge < -0.3 is 5.32 Å². The van der Waals surface area contributed by atoms with Gasteiger partial charge in [-0.25, -0.2) is 0 Å². The summed E-state index contributed by atoms with van der Waals surface area (Å²) in [5.41, 5.74) is 0. The summed E-state index contributed by atoms with van der Waals surface area (Å²) in [7, 11) is 1.81. The van der Waals surface area contributed by atoms with Gasteiger partial charge in [0.1, 0.15) is 6.34 Å². The fraction of sp³-hybridized carbons (Fsp3) is 0.500. The van der Waals surface area contributed by atoms with Gasteiger partial charge >= 0.3 is 0 Å². The summed E-state index contributed by atoms with van der Waals surface area (Å²) >= 11 is 0. The lowest BCUT2D eigenvalue weighted by atomic mass is 10.7. The third-order valence-corrected chi connectivity index (χ3v) is 0.870. The molecule has 0 aromatic carbocycles. The molecule has 0 unspecified atom stereocenters. The monoisotopic (exact) mass is 127 g/mol. The Morgan fingerprint density at radius 1 is 1.78 bits per heavy atom. The molecule has 0 radical (unpaired) electrons. The van der Waals surface area contributed by atoms with E-state index in [1.54, 1.807) is 24.6 Å². The second-order valence-electron chi connectivity index (χ2n) is 1.47. The molecule has 1 N–H and O–H groups in total. The first kappa shape index (κ1) is 8.01. The number of rotatable bonds is 4. The van der Waals surface area contributed by atoms with Gasteiger partial charge in [0, 0.05) is 19.8 Å². The van der Waals surface area contributed by atoms with E-state index in [9.17, 15) is 0 Å². The Bertz CT molecular complexity index is 98.5. The molecule has 0 aromatic rings. The van der Waals surface area contributed by atoms with Crippen molar-refractivity contribution in [3.63, 3.8) is 0 Å². The molecule has 52 valence electrons. The topological polar surface area (TPSA) is 27.6 Å². The van der Waals surface area contributed by atoms with Crippen molar-refractivity contribution in [3.05, 3.63) is 12.8 Å². The number of nitrogens with zero attached hydrogens (tertiary/aromatic N) is 2. The molecule has 0 saturated carbocycles. The molecule has 0 aromatic heterocycles. The van der Waals surface area contributed by atoms with Crippen LogP contribution in [0.1, 0.15) is 6.92 Å². The molecule has 0 aliphatic rings. The van der Waals surface area contributed by atoms with Crippen molar-refractivity contribution in [2.75, 3.05) is 13.6 Å². The van der Waals surface area contributed by atoms with E-state index in [1.807, 2.05) is 6.92 Å². The first-order valence-electron chi connectivity index (χ1n) is 2.94. The molecule has 0 bridgehead atoms. The van der Waals surface area contributed by atoms with Crippen LogP contribution >= 0.6 is 0 Å². The van der Waals surface area contributed by atoms with Crippen molar-refractivity contribution in [2.24, 2.45) is 5.10 Å².